The van der Waals surface area contributed by atoms with Crippen LogP contribution in [-0.2, 0) is 0 Å². The molecule has 2 heteroatoms. The molecule has 0 saturated heterocycles. The molecule has 0 unspecified atom stereocenters. The van der Waals surface area contributed by atoms with Crippen molar-refractivity contribution in [1.29, 1.82) is 0 Å². The fraction of sp³-hybridized carbons (Fsp3) is 0. The monoisotopic (exact) mass is 814 g/mol. The molecule has 0 atom stereocenters. The Hall–Kier alpha value is -8.46. The molecule has 1 aromatic heterocycles. The van der Waals surface area contributed by atoms with Gasteiger partial charge in [0.05, 0.1) is 16.7 Å². The van der Waals surface area contributed by atoms with Crippen molar-refractivity contribution < 1.29 is 0 Å². The molecule has 0 fully saturated rings. The van der Waals surface area contributed by atoms with Crippen LogP contribution in [-0.4, -0.2) is 4.57 Å². The number of benzene rings is 11. The summed E-state index contributed by atoms with van der Waals surface area (Å²) in [5.41, 5.74) is 16.3. The summed E-state index contributed by atoms with van der Waals surface area (Å²) >= 11 is 0. The second-order valence-corrected chi connectivity index (χ2v) is 16.5. The number of rotatable bonds is 8. The molecule has 0 saturated carbocycles. The normalized spacial score (nSPS) is 11.4. The zero-order valence-corrected chi connectivity index (χ0v) is 35.1. The second kappa shape index (κ2) is 15.8. The van der Waals surface area contributed by atoms with E-state index in [9.17, 15) is 0 Å². The lowest BCUT2D eigenvalue weighted by Crippen LogP contribution is -2.10. The third-order valence-corrected chi connectivity index (χ3v) is 12.8. The van der Waals surface area contributed by atoms with Crippen molar-refractivity contribution in [2.75, 3.05) is 4.90 Å². The minimum absolute atomic E-state index is 1.08. The van der Waals surface area contributed by atoms with Crippen LogP contribution in [0.15, 0.2) is 255 Å². The van der Waals surface area contributed by atoms with E-state index in [-0.39, 0.29) is 0 Å². The van der Waals surface area contributed by atoms with Crippen LogP contribution < -0.4 is 4.90 Å². The van der Waals surface area contributed by atoms with Gasteiger partial charge in [-0.05, 0) is 121 Å². The molecule has 12 rings (SSSR count). The Morgan fingerprint density at radius 1 is 0.266 bits per heavy atom. The molecule has 0 bridgehead atoms. The van der Waals surface area contributed by atoms with Crippen molar-refractivity contribution in [3.05, 3.63) is 255 Å². The van der Waals surface area contributed by atoms with Crippen LogP contribution in [0.4, 0.5) is 17.1 Å². The number of hydrogen-bond donors (Lipinski definition) is 0. The average molecular weight is 815 g/mol. The maximum absolute atomic E-state index is 2.44. The largest absolute Gasteiger partial charge is 0.310 e. The van der Waals surface area contributed by atoms with E-state index in [1.165, 1.54) is 82.3 Å². The zero-order chi connectivity index (χ0) is 42.4. The fourth-order valence-electron chi connectivity index (χ4n) is 9.76. The number of hydrogen-bond acceptors (Lipinski definition) is 1. The summed E-state index contributed by atoms with van der Waals surface area (Å²) in [7, 11) is 0. The molecule has 11 aromatic carbocycles. The molecule has 12 aromatic rings. The highest BCUT2D eigenvalue weighted by Gasteiger charge is 2.20. The summed E-state index contributed by atoms with van der Waals surface area (Å²) in [6.45, 7) is 0. The molecule has 0 spiro atoms. The molecule has 0 aliphatic carbocycles. The van der Waals surface area contributed by atoms with Gasteiger partial charge in [-0.1, -0.05) is 194 Å². The summed E-state index contributed by atoms with van der Waals surface area (Å²) in [4.78, 5) is 2.38. The van der Waals surface area contributed by atoms with Crippen LogP contribution in [0.5, 0.6) is 0 Å². The topological polar surface area (TPSA) is 8.17 Å². The highest BCUT2D eigenvalue weighted by molar-refractivity contribution is 6.10. The van der Waals surface area contributed by atoms with Crippen LogP contribution in [0.1, 0.15) is 0 Å². The molecule has 2 nitrogen and oxygen atoms in total. The van der Waals surface area contributed by atoms with Crippen molar-refractivity contribution in [1.82, 2.24) is 4.57 Å². The third kappa shape index (κ3) is 6.52. The van der Waals surface area contributed by atoms with Gasteiger partial charge >= 0.3 is 0 Å². The highest BCUT2D eigenvalue weighted by atomic mass is 15.1. The van der Waals surface area contributed by atoms with E-state index < -0.39 is 0 Å². The van der Waals surface area contributed by atoms with Gasteiger partial charge in [0.2, 0.25) is 0 Å². The SMILES string of the molecule is c1ccc(-c2c(-c3ccc(N(c4ccc(-c5ccc6ccccc6c5)cc4)c4cccc(-c5cccc6ccccc56)c4)cc3)cccc2-n2c3ccccc3c3ccccc32)cc1. The lowest BCUT2D eigenvalue weighted by molar-refractivity contribution is 1.18. The van der Waals surface area contributed by atoms with E-state index in [4.69, 9.17) is 0 Å². The molecule has 64 heavy (non-hydrogen) atoms. The molecule has 0 aliphatic rings. The Kier molecular flexibility index (Phi) is 9.20. The fourth-order valence-corrected chi connectivity index (χ4v) is 9.76. The quantitative estimate of drug-likeness (QED) is 0.148. The first-order valence-corrected chi connectivity index (χ1v) is 22.0. The number of aromatic nitrogens is 1. The van der Waals surface area contributed by atoms with Gasteiger partial charge < -0.3 is 9.47 Å². The molecule has 0 aliphatic heterocycles. The van der Waals surface area contributed by atoms with Crippen LogP contribution in [0, 0.1) is 0 Å². The van der Waals surface area contributed by atoms with Gasteiger partial charge in [0, 0.05) is 33.4 Å². The molecule has 0 amide bonds. The standard InChI is InChI=1S/C62H42N2/c1-2-17-47(18-3-1)62-56(27-14-30-61(62)64-59-28-10-8-24-57(59)58-25-9-11-29-60(58)64)46-35-39-52(40-36-46)63(51-37-33-44(34-38-51)49-32-31-43-15-4-5-19-48(43)41-49)53-22-12-21-50(42-53)55-26-13-20-45-16-6-7-23-54(45)55/h1-42H. The number of fused-ring (bicyclic) bond motifs is 5. The van der Waals surface area contributed by atoms with Gasteiger partial charge in [0.25, 0.3) is 0 Å². The number of para-hydroxylation sites is 2. The lowest BCUT2D eigenvalue weighted by Gasteiger charge is -2.27. The molecule has 300 valence electrons. The van der Waals surface area contributed by atoms with Gasteiger partial charge in [-0.3, -0.25) is 0 Å². The summed E-state index contributed by atoms with van der Waals surface area (Å²) in [6.07, 6.45) is 0. The van der Waals surface area contributed by atoms with Gasteiger partial charge in [-0.2, -0.15) is 0 Å². The zero-order valence-electron chi connectivity index (χ0n) is 35.1. The molecule has 0 radical (unpaired) electrons. The van der Waals surface area contributed by atoms with Crippen molar-refractivity contribution in [2.24, 2.45) is 0 Å². The van der Waals surface area contributed by atoms with Gasteiger partial charge in [-0.15, -0.1) is 0 Å². The Labute approximate surface area is 373 Å². The molecular weight excluding hydrogens is 773 g/mol. The maximum atomic E-state index is 2.44. The Bertz CT molecular complexity index is 3600. The van der Waals surface area contributed by atoms with E-state index in [1.807, 2.05) is 0 Å². The summed E-state index contributed by atoms with van der Waals surface area (Å²) in [6, 6.07) is 92.7. The van der Waals surface area contributed by atoms with Crippen LogP contribution >= 0.6 is 0 Å². The summed E-state index contributed by atoms with van der Waals surface area (Å²) < 4.78 is 2.44. The van der Waals surface area contributed by atoms with E-state index in [0.717, 1.165) is 28.3 Å². The van der Waals surface area contributed by atoms with Gasteiger partial charge in [-0.25, -0.2) is 0 Å². The van der Waals surface area contributed by atoms with Gasteiger partial charge in [0.15, 0.2) is 0 Å². The molecule has 0 N–H and O–H groups in total. The first-order valence-electron chi connectivity index (χ1n) is 22.0. The van der Waals surface area contributed by atoms with Crippen molar-refractivity contribution in [3.63, 3.8) is 0 Å². The average Bonchev–Trinajstić information content (AvgIpc) is 3.71. The first-order chi connectivity index (χ1) is 31.7. The summed E-state index contributed by atoms with van der Waals surface area (Å²) in [5.74, 6) is 0. The Morgan fingerprint density at radius 2 is 0.797 bits per heavy atom. The minimum atomic E-state index is 1.08. The smallest absolute Gasteiger partial charge is 0.0546 e. The van der Waals surface area contributed by atoms with E-state index >= 15 is 0 Å². The van der Waals surface area contributed by atoms with Crippen molar-refractivity contribution in [2.45, 2.75) is 0 Å². The predicted molar refractivity (Wildman–Crippen MR) is 272 cm³/mol. The summed E-state index contributed by atoms with van der Waals surface area (Å²) in [5, 5.41) is 7.47. The van der Waals surface area contributed by atoms with Crippen LogP contribution in [0.25, 0.3) is 93.5 Å². The number of anilines is 3. The van der Waals surface area contributed by atoms with Crippen LogP contribution in [0.2, 0.25) is 0 Å². The molecular formula is C62H42N2. The van der Waals surface area contributed by atoms with E-state index in [1.54, 1.807) is 0 Å². The lowest BCUT2D eigenvalue weighted by atomic mass is 9.92. The van der Waals surface area contributed by atoms with Crippen molar-refractivity contribution >= 4 is 60.4 Å². The third-order valence-electron chi connectivity index (χ3n) is 12.8. The second-order valence-electron chi connectivity index (χ2n) is 16.5. The predicted octanol–water partition coefficient (Wildman–Crippen LogP) is 17.2. The van der Waals surface area contributed by atoms with Crippen LogP contribution in [0.3, 0.4) is 0 Å². The first kappa shape index (κ1) is 37.3. The Morgan fingerprint density at radius 3 is 1.53 bits per heavy atom. The number of nitrogens with zero attached hydrogens (tertiary/aromatic N) is 2. The van der Waals surface area contributed by atoms with E-state index in [0.29, 0.717) is 0 Å². The van der Waals surface area contributed by atoms with E-state index in [2.05, 4.69) is 264 Å². The van der Waals surface area contributed by atoms with Gasteiger partial charge in [0.1, 0.15) is 0 Å². The highest BCUT2D eigenvalue weighted by Crippen LogP contribution is 2.43. The Balaban J connectivity index is 0.997. The van der Waals surface area contributed by atoms with Crippen molar-refractivity contribution in [3.8, 4) is 50.2 Å². The molecule has 1 heterocycles. The minimum Gasteiger partial charge on any atom is -0.310 e. The maximum Gasteiger partial charge on any atom is 0.0546 e.